The Bertz CT molecular complexity index is 703. The fraction of sp³-hybridized carbons (Fsp3) is 0.353. The SMILES string of the molecule is C[C@@H]1CN(c2ncccc2Cl)CCN1c1ccc(C(F)(F)F)cc1. The van der Waals surface area contributed by atoms with Gasteiger partial charge in [0.15, 0.2) is 0 Å². The van der Waals surface area contributed by atoms with Crippen LogP contribution in [0.5, 0.6) is 0 Å². The highest BCUT2D eigenvalue weighted by atomic mass is 35.5. The summed E-state index contributed by atoms with van der Waals surface area (Å²) < 4.78 is 38.0. The van der Waals surface area contributed by atoms with Crippen molar-refractivity contribution >= 4 is 23.1 Å². The molecular formula is C17H17ClF3N3. The van der Waals surface area contributed by atoms with Crippen molar-refractivity contribution in [3.05, 3.63) is 53.2 Å². The third-order valence-electron chi connectivity index (χ3n) is 4.19. The monoisotopic (exact) mass is 355 g/mol. The van der Waals surface area contributed by atoms with E-state index in [9.17, 15) is 13.2 Å². The lowest BCUT2D eigenvalue weighted by atomic mass is 10.1. The van der Waals surface area contributed by atoms with Gasteiger partial charge in [0.25, 0.3) is 0 Å². The summed E-state index contributed by atoms with van der Waals surface area (Å²) in [6, 6.07) is 9.04. The zero-order chi connectivity index (χ0) is 17.3. The molecule has 0 spiro atoms. The first-order valence-electron chi connectivity index (χ1n) is 7.65. The minimum absolute atomic E-state index is 0.133. The molecule has 0 unspecified atom stereocenters. The van der Waals surface area contributed by atoms with E-state index in [2.05, 4.69) is 14.8 Å². The maximum atomic E-state index is 12.7. The van der Waals surface area contributed by atoms with Crippen molar-refractivity contribution in [2.45, 2.75) is 19.1 Å². The van der Waals surface area contributed by atoms with Crippen molar-refractivity contribution in [2.24, 2.45) is 0 Å². The Hall–Kier alpha value is -1.95. The van der Waals surface area contributed by atoms with Crippen molar-refractivity contribution in [2.75, 3.05) is 29.4 Å². The minimum atomic E-state index is -4.31. The van der Waals surface area contributed by atoms with E-state index < -0.39 is 11.7 Å². The average molecular weight is 356 g/mol. The Morgan fingerprint density at radius 1 is 1.12 bits per heavy atom. The van der Waals surface area contributed by atoms with E-state index in [-0.39, 0.29) is 6.04 Å². The van der Waals surface area contributed by atoms with Gasteiger partial charge >= 0.3 is 6.18 Å². The summed E-state index contributed by atoms with van der Waals surface area (Å²) >= 11 is 6.19. The van der Waals surface area contributed by atoms with Crippen LogP contribution in [-0.2, 0) is 6.18 Å². The molecule has 0 aliphatic carbocycles. The van der Waals surface area contributed by atoms with Crippen molar-refractivity contribution in [3.8, 4) is 0 Å². The zero-order valence-corrected chi connectivity index (χ0v) is 13.8. The van der Waals surface area contributed by atoms with Crippen LogP contribution in [0.25, 0.3) is 0 Å². The van der Waals surface area contributed by atoms with Gasteiger partial charge in [-0.2, -0.15) is 13.2 Å². The number of aromatic nitrogens is 1. The lowest BCUT2D eigenvalue weighted by molar-refractivity contribution is -0.137. The Morgan fingerprint density at radius 3 is 2.42 bits per heavy atom. The first kappa shape index (κ1) is 16.9. The van der Waals surface area contributed by atoms with Gasteiger partial charge in [0.05, 0.1) is 10.6 Å². The number of halogens is 4. The van der Waals surface area contributed by atoms with E-state index in [0.717, 1.165) is 23.6 Å². The molecule has 1 aromatic carbocycles. The molecule has 1 aliphatic heterocycles. The molecule has 3 rings (SSSR count). The number of anilines is 2. The molecule has 0 bridgehead atoms. The standard InChI is InChI=1S/C17H17ClF3N3/c1-12-11-23(16-15(18)3-2-8-22-16)9-10-24(12)14-6-4-13(5-7-14)17(19,20)21/h2-8,12H,9-11H2,1H3/t12-/m1/s1. The molecule has 2 aromatic rings. The molecule has 0 saturated carbocycles. The van der Waals surface area contributed by atoms with Crippen LogP contribution in [0.2, 0.25) is 5.02 Å². The fourth-order valence-corrected chi connectivity index (χ4v) is 3.23. The van der Waals surface area contributed by atoms with Gasteiger partial charge in [-0.1, -0.05) is 11.6 Å². The van der Waals surface area contributed by atoms with E-state index in [0.29, 0.717) is 24.7 Å². The molecule has 1 atom stereocenters. The van der Waals surface area contributed by atoms with Crippen LogP contribution in [-0.4, -0.2) is 30.7 Å². The van der Waals surface area contributed by atoms with Gasteiger partial charge in [-0.25, -0.2) is 4.98 Å². The smallest absolute Gasteiger partial charge is 0.365 e. The van der Waals surface area contributed by atoms with Crippen LogP contribution >= 0.6 is 11.6 Å². The molecule has 1 aromatic heterocycles. The summed E-state index contributed by atoms with van der Waals surface area (Å²) in [6.07, 6.45) is -2.60. The summed E-state index contributed by atoms with van der Waals surface area (Å²) in [5.41, 5.74) is 0.167. The number of alkyl halides is 3. The van der Waals surface area contributed by atoms with Crippen LogP contribution in [0.4, 0.5) is 24.7 Å². The predicted octanol–water partition coefficient (Wildman–Crippen LogP) is 4.47. The Morgan fingerprint density at radius 2 is 1.83 bits per heavy atom. The van der Waals surface area contributed by atoms with Crippen LogP contribution in [0.15, 0.2) is 42.6 Å². The topological polar surface area (TPSA) is 19.4 Å². The highest BCUT2D eigenvalue weighted by Crippen LogP contribution is 2.32. The van der Waals surface area contributed by atoms with Crippen molar-refractivity contribution in [1.29, 1.82) is 0 Å². The highest BCUT2D eigenvalue weighted by Gasteiger charge is 2.31. The molecule has 128 valence electrons. The Kier molecular flexibility index (Phi) is 4.58. The molecule has 24 heavy (non-hydrogen) atoms. The lowest BCUT2D eigenvalue weighted by Gasteiger charge is -2.42. The molecule has 1 saturated heterocycles. The molecule has 0 amide bonds. The van der Waals surface area contributed by atoms with Gasteiger partial charge in [-0.05, 0) is 43.3 Å². The average Bonchev–Trinajstić information content (AvgIpc) is 2.54. The molecule has 2 heterocycles. The number of hydrogen-bond acceptors (Lipinski definition) is 3. The quantitative estimate of drug-likeness (QED) is 0.792. The maximum Gasteiger partial charge on any atom is 0.416 e. The van der Waals surface area contributed by atoms with E-state index in [1.54, 1.807) is 18.3 Å². The Labute approximate surface area is 143 Å². The summed E-state index contributed by atoms with van der Waals surface area (Å²) in [6.45, 7) is 4.15. The third-order valence-corrected chi connectivity index (χ3v) is 4.49. The third kappa shape index (κ3) is 3.43. The first-order chi connectivity index (χ1) is 11.4. The molecular weight excluding hydrogens is 339 g/mol. The lowest BCUT2D eigenvalue weighted by Crippen LogP contribution is -2.52. The molecule has 1 fully saturated rings. The van der Waals surface area contributed by atoms with Crippen LogP contribution in [0.1, 0.15) is 12.5 Å². The van der Waals surface area contributed by atoms with E-state index in [1.165, 1.54) is 12.1 Å². The normalized spacial score (nSPS) is 18.8. The second kappa shape index (κ2) is 6.51. The highest BCUT2D eigenvalue weighted by molar-refractivity contribution is 6.32. The van der Waals surface area contributed by atoms with Crippen LogP contribution in [0, 0.1) is 0 Å². The molecule has 0 N–H and O–H groups in total. The number of pyridine rings is 1. The van der Waals surface area contributed by atoms with E-state index >= 15 is 0 Å². The van der Waals surface area contributed by atoms with Crippen molar-refractivity contribution in [1.82, 2.24) is 4.98 Å². The van der Waals surface area contributed by atoms with Crippen molar-refractivity contribution < 1.29 is 13.2 Å². The molecule has 0 radical (unpaired) electrons. The first-order valence-corrected chi connectivity index (χ1v) is 8.03. The number of piperazine rings is 1. The summed E-state index contributed by atoms with van der Waals surface area (Å²) in [5, 5.41) is 0.604. The number of hydrogen-bond donors (Lipinski definition) is 0. The summed E-state index contributed by atoms with van der Waals surface area (Å²) in [4.78, 5) is 8.53. The summed E-state index contributed by atoms with van der Waals surface area (Å²) in [7, 11) is 0. The summed E-state index contributed by atoms with van der Waals surface area (Å²) in [5.74, 6) is 0.748. The van der Waals surface area contributed by atoms with Gasteiger partial charge in [-0.3, -0.25) is 0 Å². The second-order valence-electron chi connectivity index (χ2n) is 5.84. The van der Waals surface area contributed by atoms with Gasteiger partial charge in [-0.15, -0.1) is 0 Å². The van der Waals surface area contributed by atoms with Crippen LogP contribution < -0.4 is 9.80 Å². The number of benzene rings is 1. The largest absolute Gasteiger partial charge is 0.416 e. The Balaban J connectivity index is 1.73. The molecule has 1 aliphatic rings. The van der Waals surface area contributed by atoms with E-state index in [4.69, 9.17) is 11.6 Å². The van der Waals surface area contributed by atoms with Gasteiger partial charge < -0.3 is 9.80 Å². The number of nitrogens with zero attached hydrogens (tertiary/aromatic N) is 3. The van der Waals surface area contributed by atoms with Gasteiger partial charge in [0, 0.05) is 37.6 Å². The fourth-order valence-electron chi connectivity index (χ4n) is 2.99. The number of rotatable bonds is 2. The van der Waals surface area contributed by atoms with E-state index in [1.807, 2.05) is 6.92 Å². The predicted molar refractivity (Wildman–Crippen MR) is 89.7 cm³/mol. The molecule has 3 nitrogen and oxygen atoms in total. The maximum absolute atomic E-state index is 12.7. The molecule has 7 heteroatoms. The van der Waals surface area contributed by atoms with Crippen LogP contribution in [0.3, 0.4) is 0 Å². The zero-order valence-electron chi connectivity index (χ0n) is 13.1. The minimum Gasteiger partial charge on any atom is -0.365 e. The van der Waals surface area contributed by atoms with Crippen molar-refractivity contribution in [3.63, 3.8) is 0 Å². The second-order valence-corrected chi connectivity index (χ2v) is 6.25. The van der Waals surface area contributed by atoms with Gasteiger partial charge in [0.2, 0.25) is 0 Å². The van der Waals surface area contributed by atoms with Gasteiger partial charge in [0.1, 0.15) is 5.82 Å².